The van der Waals surface area contributed by atoms with Crippen molar-refractivity contribution in [2.75, 3.05) is 27.2 Å². The van der Waals surface area contributed by atoms with Crippen molar-refractivity contribution in [3.63, 3.8) is 0 Å². The molecule has 1 aromatic carbocycles. The molecule has 0 aliphatic carbocycles. The normalized spacial score (nSPS) is 10.7. The maximum atomic E-state index is 12.2. The van der Waals surface area contributed by atoms with Crippen molar-refractivity contribution in [1.29, 1.82) is 0 Å². The number of nitrogens with zero attached hydrogens (tertiary/aromatic N) is 3. The van der Waals surface area contributed by atoms with Crippen molar-refractivity contribution in [3.8, 4) is 0 Å². The maximum absolute atomic E-state index is 12.2. The summed E-state index contributed by atoms with van der Waals surface area (Å²) in [5, 5.41) is 4.88. The molecule has 0 atom stereocenters. The third-order valence-corrected chi connectivity index (χ3v) is 3.51. The summed E-state index contributed by atoms with van der Waals surface area (Å²) in [6.07, 6.45) is 1.74. The number of likely N-dealkylation sites (N-methyl/N-ethyl adjacent to an activating group) is 1. The van der Waals surface area contributed by atoms with Crippen LogP contribution in [0.5, 0.6) is 0 Å². The molecule has 0 aliphatic heterocycles. The summed E-state index contributed by atoms with van der Waals surface area (Å²) in [7, 11) is 3.94. The van der Waals surface area contributed by atoms with Crippen LogP contribution in [0.3, 0.4) is 0 Å². The summed E-state index contributed by atoms with van der Waals surface area (Å²) in [5.74, 6) is -0.156. The van der Waals surface area contributed by atoms with Crippen LogP contribution < -0.4 is 5.32 Å². The van der Waals surface area contributed by atoms with Crippen LogP contribution in [0.2, 0.25) is 0 Å². The van der Waals surface area contributed by atoms with Crippen molar-refractivity contribution in [3.05, 3.63) is 48.3 Å². The molecule has 0 spiro atoms. The summed E-state index contributed by atoms with van der Waals surface area (Å²) in [6.45, 7) is 1.39. The third-order valence-electron chi connectivity index (χ3n) is 3.51. The zero-order valence-corrected chi connectivity index (χ0v) is 13.9. The number of amides is 1. The largest absolute Gasteiger partial charge is 0.349 e. The van der Waals surface area contributed by atoms with Crippen LogP contribution >= 0.6 is 12.4 Å². The second-order valence-corrected chi connectivity index (χ2v) is 5.47. The molecule has 120 valence electrons. The van der Waals surface area contributed by atoms with Crippen LogP contribution in [0.25, 0.3) is 21.8 Å². The lowest BCUT2D eigenvalue weighted by Gasteiger charge is -2.10. The number of hydrogen-bond acceptors (Lipinski definition) is 4. The van der Waals surface area contributed by atoms with Gasteiger partial charge in [0.25, 0.3) is 5.91 Å². The molecule has 0 saturated carbocycles. The molecule has 1 N–H and O–H groups in total. The van der Waals surface area contributed by atoms with Crippen molar-refractivity contribution >= 4 is 40.1 Å². The smallest absolute Gasteiger partial charge is 0.269 e. The van der Waals surface area contributed by atoms with Gasteiger partial charge < -0.3 is 10.2 Å². The Morgan fingerprint density at radius 2 is 1.78 bits per heavy atom. The number of nitrogens with one attached hydrogen (secondary N) is 1. The quantitative estimate of drug-likeness (QED) is 0.747. The van der Waals surface area contributed by atoms with E-state index in [2.05, 4.69) is 15.3 Å². The first-order chi connectivity index (χ1) is 10.6. The Labute approximate surface area is 141 Å². The summed E-state index contributed by atoms with van der Waals surface area (Å²) in [6, 6.07) is 11.6. The summed E-state index contributed by atoms with van der Waals surface area (Å²) >= 11 is 0. The van der Waals surface area contributed by atoms with Gasteiger partial charge in [0, 0.05) is 30.1 Å². The Morgan fingerprint density at radius 3 is 2.52 bits per heavy atom. The zero-order chi connectivity index (χ0) is 15.5. The van der Waals surface area contributed by atoms with Gasteiger partial charge in [-0.1, -0.05) is 24.3 Å². The summed E-state index contributed by atoms with van der Waals surface area (Å²) in [5.41, 5.74) is 2.01. The molecule has 5 nitrogen and oxygen atoms in total. The van der Waals surface area contributed by atoms with E-state index in [9.17, 15) is 4.79 Å². The molecule has 2 aromatic heterocycles. The van der Waals surface area contributed by atoms with Crippen molar-refractivity contribution in [1.82, 2.24) is 20.2 Å². The van der Waals surface area contributed by atoms with E-state index in [-0.39, 0.29) is 18.3 Å². The minimum atomic E-state index is -0.156. The highest BCUT2D eigenvalue weighted by Gasteiger charge is 2.10. The van der Waals surface area contributed by atoms with Gasteiger partial charge in [-0.3, -0.25) is 9.78 Å². The molecule has 1 amide bonds. The maximum Gasteiger partial charge on any atom is 0.269 e. The second kappa shape index (κ2) is 7.35. The van der Waals surface area contributed by atoms with Gasteiger partial charge in [-0.05, 0) is 26.2 Å². The first-order valence-electron chi connectivity index (χ1n) is 7.22. The fraction of sp³-hybridized carbons (Fsp3) is 0.235. The molecule has 0 fully saturated rings. The number of rotatable bonds is 4. The highest BCUT2D eigenvalue weighted by molar-refractivity contribution is 6.04. The first kappa shape index (κ1) is 17.1. The molecule has 0 bridgehead atoms. The number of fused-ring (bicyclic) bond motifs is 3. The van der Waals surface area contributed by atoms with Gasteiger partial charge in [-0.2, -0.15) is 0 Å². The Bertz CT molecular complexity index is 835. The van der Waals surface area contributed by atoms with Crippen molar-refractivity contribution < 1.29 is 4.79 Å². The van der Waals surface area contributed by atoms with Gasteiger partial charge in [0.1, 0.15) is 5.69 Å². The van der Waals surface area contributed by atoms with Gasteiger partial charge in [0.2, 0.25) is 0 Å². The SMILES string of the molecule is CN(C)CCNC(=O)c1ccc2ccc3cccnc3c2n1.Cl. The summed E-state index contributed by atoms with van der Waals surface area (Å²) < 4.78 is 0. The molecule has 3 rings (SSSR count). The molecular weight excluding hydrogens is 312 g/mol. The number of aromatic nitrogens is 2. The monoisotopic (exact) mass is 330 g/mol. The van der Waals surface area contributed by atoms with E-state index >= 15 is 0 Å². The Balaban J connectivity index is 0.00000192. The lowest BCUT2D eigenvalue weighted by atomic mass is 10.1. The number of halogens is 1. The Kier molecular flexibility index (Phi) is 5.47. The average molecular weight is 331 g/mol. The lowest BCUT2D eigenvalue weighted by Crippen LogP contribution is -2.31. The van der Waals surface area contributed by atoms with E-state index in [1.165, 1.54) is 0 Å². The number of hydrogen-bond donors (Lipinski definition) is 1. The number of pyridine rings is 2. The van der Waals surface area contributed by atoms with Crippen LogP contribution in [0.15, 0.2) is 42.6 Å². The minimum absolute atomic E-state index is 0. The van der Waals surface area contributed by atoms with Crippen LogP contribution in [-0.4, -0.2) is 48.0 Å². The van der Waals surface area contributed by atoms with Crippen LogP contribution in [0.1, 0.15) is 10.5 Å². The van der Waals surface area contributed by atoms with Crippen LogP contribution in [-0.2, 0) is 0 Å². The number of carbonyl (C=O) groups is 1. The minimum Gasteiger partial charge on any atom is -0.349 e. The van der Waals surface area contributed by atoms with Gasteiger partial charge >= 0.3 is 0 Å². The van der Waals surface area contributed by atoms with E-state index in [0.717, 1.165) is 28.4 Å². The van der Waals surface area contributed by atoms with Crippen molar-refractivity contribution in [2.24, 2.45) is 0 Å². The third kappa shape index (κ3) is 3.75. The number of benzene rings is 1. The van der Waals surface area contributed by atoms with E-state index in [1.54, 1.807) is 12.3 Å². The predicted octanol–water partition coefficient (Wildman–Crippen LogP) is 2.50. The number of carbonyl (C=O) groups excluding carboxylic acids is 1. The van der Waals surface area contributed by atoms with E-state index < -0.39 is 0 Å². The fourth-order valence-electron chi connectivity index (χ4n) is 2.33. The molecule has 23 heavy (non-hydrogen) atoms. The summed E-state index contributed by atoms with van der Waals surface area (Å²) in [4.78, 5) is 23.1. The molecule has 0 saturated heterocycles. The van der Waals surface area contributed by atoms with E-state index in [0.29, 0.717) is 12.2 Å². The molecule has 3 aromatic rings. The highest BCUT2D eigenvalue weighted by Crippen LogP contribution is 2.21. The predicted molar refractivity (Wildman–Crippen MR) is 95.2 cm³/mol. The van der Waals surface area contributed by atoms with Crippen LogP contribution in [0.4, 0.5) is 0 Å². The lowest BCUT2D eigenvalue weighted by molar-refractivity contribution is 0.0946. The Hall–Kier alpha value is -2.24. The van der Waals surface area contributed by atoms with Crippen molar-refractivity contribution in [2.45, 2.75) is 0 Å². The molecule has 0 unspecified atom stereocenters. The van der Waals surface area contributed by atoms with Gasteiger partial charge in [-0.15, -0.1) is 12.4 Å². The van der Waals surface area contributed by atoms with Gasteiger partial charge in [0.15, 0.2) is 0 Å². The Morgan fingerprint density at radius 1 is 1.09 bits per heavy atom. The van der Waals surface area contributed by atoms with Gasteiger partial charge in [0.05, 0.1) is 11.0 Å². The fourth-order valence-corrected chi connectivity index (χ4v) is 2.33. The van der Waals surface area contributed by atoms with E-state index in [4.69, 9.17) is 0 Å². The molecule has 0 radical (unpaired) electrons. The molecule has 2 heterocycles. The average Bonchev–Trinajstić information content (AvgIpc) is 2.53. The van der Waals surface area contributed by atoms with E-state index in [1.807, 2.05) is 49.3 Å². The topological polar surface area (TPSA) is 58.1 Å². The molecular formula is C17H19ClN4O. The first-order valence-corrected chi connectivity index (χ1v) is 7.22. The second-order valence-electron chi connectivity index (χ2n) is 5.47. The molecule has 0 aliphatic rings. The highest BCUT2D eigenvalue weighted by atomic mass is 35.5. The van der Waals surface area contributed by atoms with Gasteiger partial charge in [-0.25, -0.2) is 4.98 Å². The standard InChI is InChI=1S/C17H18N4O.ClH/c1-21(2)11-10-19-17(22)14-8-7-13-6-5-12-4-3-9-18-15(12)16(13)20-14;/h3-9H,10-11H2,1-2H3,(H,19,22);1H. The molecule has 6 heteroatoms. The zero-order valence-electron chi connectivity index (χ0n) is 13.1. The van der Waals surface area contributed by atoms with Crippen LogP contribution in [0, 0.1) is 0 Å².